The monoisotopic (exact) mass is 371 g/mol. The molecule has 0 saturated carbocycles. The Kier molecular flexibility index (Phi) is 5.37. The van der Waals surface area contributed by atoms with Crippen LogP contribution in [0.5, 0.6) is 11.5 Å². The van der Waals surface area contributed by atoms with Crippen LogP contribution >= 0.6 is 11.3 Å². The van der Waals surface area contributed by atoms with Crippen molar-refractivity contribution in [1.29, 1.82) is 0 Å². The number of hydrogen-bond donors (Lipinski definition) is 0. The summed E-state index contributed by atoms with van der Waals surface area (Å²) in [6.07, 6.45) is 1.61. The number of nitrogens with zero attached hydrogens (tertiary/aromatic N) is 3. The van der Waals surface area contributed by atoms with Crippen molar-refractivity contribution in [3.05, 3.63) is 51.4 Å². The second kappa shape index (κ2) is 7.70. The summed E-state index contributed by atoms with van der Waals surface area (Å²) in [7, 11) is 1.60. The number of hydrogen-bond acceptors (Lipinski definition) is 6. The van der Waals surface area contributed by atoms with Crippen molar-refractivity contribution in [3.63, 3.8) is 0 Å². The first-order valence-electron chi connectivity index (χ1n) is 8.31. The van der Waals surface area contributed by atoms with Gasteiger partial charge in [-0.05, 0) is 48.1 Å². The van der Waals surface area contributed by atoms with E-state index in [1.807, 2.05) is 23.6 Å². The van der Waals surface area contributed by atoms with Crippen molar-refractivity contribution >= 4 is 27.8 Å². The highest BCUT2D eigenvalue weighted by molar-refractivity contribution is 7.16. The Morgan fingerprint density at radius 3 is 2.85 bits per heavy atom. The molecule has 2 aromatic heterocycles. The van der Waals surface area contributed by atoms with Crippen LogP contribution in [-0.4, -0.2) is 29.6 Å². The van der Waals surface area contributed by atoms with Gasteiger partial charge in [0, 0.05) is 0 Å². The van der Waals surface area contributed by atoms with E-state index in [2.05, 4.69) is 23.9 Å². The van der Waals surface area contributed by atoms with Crippen molar-refractivity contribution in [2.24, 2.45) is 11.0 Å². The molecule has 26 heavy (non-hydrogen) atoms. The smallest absolute Gasteiger partial charge is 0.282 e. The van der Waals surface area contributed by atoms with Crippen molar-refractivity contribution in [3.8, 4) is 11.5 Å². The molecule has 0 spiro atoms. The van der Waals surface area contributed by atoms with E-state index in [1.54, 1.807) is 26.3 Å². The van der Waals surface area contributed by atoms with Crippen LogP contribution in [0, 0.1) is 12.8 Å². The topological polar surface area (TPSA) is 65.7 Å². The van der Waals surface area contributed by atoms with E-state index >= 15 is 0 Å². The van der Waals surface area contributed by atoms with E-state index in [4.69, 9.17) is 9.47 Å². The Hall–Kier alpha value is -2.67. The fourth-order valence-electron chi connectivity index (χ4n) is 2.41. The van der Waals surface area contributed by atoms with Gasteiger partial charge in [0.1, 0.15) is 10.7 Å². The van der Waals surface area contributed by atoms with Crippen LogP contribution in [0.2, 0.25) is 0 Å². The second-order valence-electron chi connectivity index (χ2n) is 6.28. The molecule has 3 aromatic rings. The highest BCUT2D eigenvalue weighted by Gasteiger charge is 2.09. The van der Waals surface area contributed by atoms with Gasteiger partial charge >= 0.3 is 0 Å². The predicted molar refractivity (Wildman–Crippen MR) is 105 cm³/mol. The van der Waals surface area contributed by atoms with Gasteiger partial charge in [-0.1, -0.05) is 13.8 Å². The minimum Gasteiger partial charge on any atom is -0.493 e. The third kappa shape index (κ3) is 3.77. The van der Waals surface area contributed by atoms with Crippen LogP contribution in [0.3, 0.4) is 0 Å². The summed E-state index contributed by atoms with van der Waals surface area (Å²) in [5.41, 5.74) is 0.629. The van der Waals surface area contributed by atoms with E-state index in [0.29, 0.717) is 35.2 Å². The lowest BCUT2D eigenvalue weighted by atomic mass is 10.2. The summed E-state index contributed by atoms with van der Waals surface area (Å²) in [6, 6.07) is 7.32. The van der Waals surface area contributed by atoms with Gasteiger partial charge < -0.3 is 9.47 Å². The first-order valence-corrected chi connectivity index (χ1v) is 9.19. The fourth-order valence-corrected chi connectivity index (χ4v) is 3.21. The molecule has 0 radical (unpaired) electrons. The van der Waals surface area contributed by atoms with E-state index in [0.717, 1.165) is 10.4 Å². The summed E-state index contributed by atoms with van der Waals surface area (Å²) in [6.45, 7) is 6.56. The summed E-state index contributed by atoms with van der Waals surface area (Å²) < 4.78 is 12.5. The number of ether oxygens (including phenoxy) is 2. The van der Waals surface area contributed by atoms with Gasteiger partial charge in [-0.15, -0.1) is 11.3 Å². The molecule has 1 aromatic carbocycles. The van der Waals surface area contributed by atoms with Crippen LogP contribution in [0.15, 0.2) is 39.5 Å². The molecule has 0 aliphatic rings. The first kappa shape index (κ1) is 18.1. The lowest BCUT2D eigenvalue weighted by Gasteiger charge is -2.12. The van der Waals surface area contributed by atoms with Gasteiger partial charge in [-0.3, -0.25) is 4.79 Å². The highest BCUT2D eigenvalue weighted by atomic mass is 32.1. The third-order valence-electron chi connectivity index (χ3n) is 3.72. The quantitative estimate of drug-likeness (QED) is 0.620. The zero-order chi connectivity index (χ0) is 18.7. The van der Waals surface area contributed by atoms with Gasteiger partial charge in [0.25, 0.3) is 5.56 Å². The molecule has 6 nitrogen and oxygen atoms in total. The molecule has 2 heterocycles. The van der Waals surface area contributed by atoms with Crippen LogP contribution in [0.1, 0.15) is 25.2 Å². The number of fused-ring (bicyclic) bond motifs is 1. The number of thiophene rings is 1. The lowest BCUT2D eigenvalue weighted by Crippen LogP contribution is -2.19. The van der Waals surface area contributed by atoms with E-state index in [1.165, 1.54) is 16.0 Å². The van der Waals surface area contributed by atoms with Crippen LogP contribution < -0.4 is 15.0 Å². The van der Waals surface area contributed by atoms with Crippen LogP contribution in [0.4, 0.5) is 0 Å². The van der Waals surface area contributed by atoms with Gasteiger partial charge in [0.05, 0.1) is 25.3 Å². The molecule has 0 fully saturated rings. The van der Waals surface area contributed by atoms with Gasteiger partial charge in [0.15, 0.2) is 11.5 Å². The average Bonchev–Trinajstić information content (AvgIpc) is 3.08. The fraction of sp³-hybridized carbons (Fsp3) is 0.316. The molecule has 3 rings (SSSR count). The summed E-state index contributed by atoms with van der Waals surface area (Å²) in [4.78, 5) is 17.7. The van der Waals surface area contributed by atoms with Crippen molar-refractivity contribution in [1.82, 2.24) is 9.66 Å². The highest BCUT2D eigenvalue weighted by Crippen LogP contribution is 2.28. The number of aryl methyl sites for hydroxylation is 1. The van der Waals surface area contributed by atoms with E-state index in [-0.39, 0.29) is 5.56 Å². The Balaban J connectivity index is 1.90. The Morgan fingerprint density at radius 1 is 1.31 bits per heavy atom. The summed E-state index contributed by atoms with van der Waals surface area (Å²) in [5.74, 6) is 2.29. The Morgan fingerprint density at radius 2 is 2.12 bits per heavy atom. The summed E-state index contributed by atoms with van der Waals surface area (Å²) >= 11 is 1.45. The maximum Gasteiger partial charge on any atom is 0.282 e. The predicted octanol–water partition coefficient (Wildman–Crippen LogP) is 3.69. The zero-order valence-corrected chi connectivity index (χ0v) is 16.0. The van der Waals surface area contributed by atoms with Crippen LogP contribution in [-0.2, 0) is 0 Å². The molecular weight excluding hydrogens is 350 g/mol. The largest absolute Gasteiger partial charge is 0.493 e. The molecule has 0 N–H and O–H groups in total. The van der Waals surface area contributed by atoms with Crippen molar-refractivity contribution in [2.45, 2.75) is 20.8 Å². The molecule has 0 aliphatic heterocycles. The van der Waals surface area contributed by atoms with Crippen molar-refractivity contribution in [2.75, 3.05) is 13.7 Å². The van der Waals surface area contributed by atoms with Crippen molar-refractivity contribution < 1.29 is 9.47 Å². The van der Waals surface area contributed by atoms with E-state index in [9.17, 15) is 4.79 Å². The number of aromatic nitrogens is 2. The Labute approximate surface area is 155 Å². The molecule has 0 saturated heterocycles. The summed E-state index contributed by atoms with van der Waals surface area (Å²) in [5, 5.41) is 6.74. The number of methoxy groups -OCH3 is 1. The molecular formula is C19H21N3O3S. The third-order valence-corrected chi connectivity index (χ3v) is 4.53. The van der Waals surface area contributed by atoms with E-state index < -0.39 is 0 Å². The van der Waals surface area contributed by atoms with Gasteiger partial charge in [-0.25, -0.2) is 4.98 Å². The molecule has 0 aliphatic carbocycles. The SMILES string of the molecule is COc1cc(C=Nn2c(C)nc3sccc3c2=O)ccc1OCC(C)C. The molecule has 0 atom stereocenters. The van der Waals surface area contributed by atoms with Gasteiger partial charge in [-0.2, -0.15) is 9.78 Å². The molecule has 136 valence electrons. The zero-order valence-electron chi connectivity index (χ0n) is 15.2. The number of benzene rings is 1. The normalized spacial score (nSPS) is 11.6. The minimum atomic E-state index is -0.172. The molecule has 0 unspecified atom stereocenters. The minimum absolute atomic E-state index is 0.172. The second-order valence-corrected chi connectivity index (χ2v) is 7.17. The maximum atomic E-state index is 12.5. The van der Waals surface area contributed by atoms with Crippen LogP contribution in [0.25, 0.3) is 10.2 Å². The Bertz CT molecular complexity index is 1000. The van der Waals surface area contributed by atoms with Gasteiger partial charge in [0.2, 0.25) is 0 Å². The lowest BCUT2D eigenvalue weighted by molar-refractivity contribution is 0.257. The average molecular weight is 371 g/mol. The number of rotatable bonds is 6. The molecule has 0 bridgehead atoms. The molecule has 0 amide bonds. The first-order chi connectivity index (χ1) is 12.5. The molecule has 7 heteroatoms. The maximum absolute atomic E-state index is 12.5. The standard InChI is InChI=1S/C19H21N3O3S/c1-12(2)11-25-16-6-5-14(9-17(16)24-4)10-20-22-13(3)21-18-15(19(22)23)7-8-26-18/h5-10,12H,11H2,1-4H3.